The molecule has 0 bridgehead atoms. The minimum Gasteiger partial charge on any atom is -0.374 e. The van der Waals surface area contributed by atoms with Crippen molar-refractivity contribution in [1.29, 1.82) is 0 Å². The first-order valence-electron chi connectivity index (χ1n) is 13.5. The molecule has 194 valence electrons. The summed E-state index contributed by atoms with van der Waals surface area (Å²) < 4.78 is 0. The molecule has 4 aromatic heterocycles. The Labute approximate surface area is 225 Å². The topological polar surface area (TPSA) is 115 Å². The minimum absolute atomic E-state index is 0.287. The van der Waals surface area contributed by atoms with Crippen LogP contribution in [-0.4, -0.2) is 41.5 Å². The van der Waals surface area contributed by atoms with Crippen LogP contribution >= 0.6 is 0 Å². The van der Waals surface area contributed by atoms with E-state index in [0.717, 1.165) is 68.4 Å². The number of nitrogens with zero attached hydrogens (tertiary/aromatic N) is 4. The monoisotopic (exact) mass is 515 g/mol. The van der Waals surface area contributed by atoms with Gasteiger partial charge in [-0.1, -0.05) is 37.5 Å². The van der Waals surface area contributed by atoms with Gasteiger partial charge < -0.3 is 15.4 Å². The zero-order valence-corrected chi connectivity index (χ0v) is 21.4. The highest BCUT2D eigenvalue weighted by Crippen LogP contribution is 2.34. The quantitative estimate of drug-likeness (QED) is 0.187. The molecular formula is C31H29N7O. The Morgan fingerprint density at radius 2 is 1.72 bits per heavy atom. The van der Waals surface area contributed by atoms with Crippen molar-refractivity contribution in [2.24, 2.45) is 5.92 Å². The number of benzene rings is 2. The second-order valence-corrected chi connectivity index (χ2v) is 10.3. The predicted molar refractivity (Wildman–Crippen MR) is 154 cm³/mol. The first-order chi connectivity index (χ1) is 19.2. The third-order valence-corrected chi connectivity index (χ3v) is 7.77. The van der Waals surface area contributed by atoms with Gasteiger partial charge in [-0.2, -0.15) is 5.10 Å². The van der Waals surface area contributed by atoms with Gasteiger partial charge in [0, 0.05) is 41.0 Å². The number of imidazole rings is 1. The summed E-state index contributed by atoms with van der Waals surface area (Å²) in [5.74, 6) is 0.995. The van der Waals surface area contributed by atoms with E-state index in [0.29, 0.717) is 5.82 Å². The zero-order valence-electron chi connectivity index (χ0n) is 21.4. The molecule has 1 aliphatic carbocycles. The van der Waals surface area contributed by atoms with Crippen LogP contribution in [0.3, 0.4) is 0 Å². The summed E-state index contributed by atoms with van der Waals surface area (Å²) in [7, 11) is 0. The molecular weight excluding hydrogens is 486 g/mol. The van der Waals surface area contributed by atoms with E-state index in [1.807, 2.05) is 42.6 Å². The van der Waals surface area contributed by atoms with Gasteiger partial charge in [0.05, 0.1) is 28.4 Å². The smallest absolute Gasteiger partial charge is 0.159 e. The summed E-state index contributed by atoms with van der Waals surface area (Å²) in [6.07, 6.45) is 12.4. The number of hydrogen-bond donors (Lipinski definition) is 4. The number of anilines is 1. The highest BCUT2D eigenvalue weighted by Gasteiger charge is 2.22. The number of para-hydroxylation sites is 1. The van der Waals surface area contributed by atoms with Crippen LogP contribution in [0.4, 0.5) is 5.69 Å². The molecule has 1 saturated carbocycles. The van der Waals surface area contributed by atoms with E-state index >= 15 is 0 Å². The van der Waals surface area contributed by atoms with Crippen LogP contribution in [0.25, 0.3) is 55.7 Å². The molecule has 0 amide bonds. The zero-order chi connectivity index (χ0) is 26.2. The molecule has 1 aliphatic rings. The van der Waals surface area contributed by atoms with Crippen molar-refractivity contribution >= 4 is 27.6 Å². The van der Waals surface area contributed by atoms with Crippen LogP contribution in [0.1, 0.15) is 32.1 Å². The van der Waals surface area contributed by atoms with E-state index in [4.69, 9.17) is 4.98 Å². The molecule has 6 aromatic rings. The summed E-state index contributed by atoms with van der Waals surface area (Å²) in [5.41, 5.74) is 8.45. The summed E-state index contributed by atoms with van der Waals surface area (Å²) in [6.45, 7) is 0. The number of H-pyrrole nitrogens is 2. The fourth-order valence-electron chi connectivity index (χ4n) is 5.70. The van der Waals surface area contributed by atoms with Crippen LogP contribution in [0, 0.1) is 5.92 Å². The molecule has 4 heterocycles. The maximum Gasteiger partial charge on any atom is 0.159 e. The third kappa shape index (κ3) is 4.53. The molecule has 2 aromatic carbocycles. The van der Waals surface area contributed by atoms with Crippen LogP contribution in [0.5, 0.6) is 0 Å². The average molecular weight is 516 g/mol. The number of hydrogen-bond acceptors (Lipinski definition) is 6. The number of aliphatic hydroxyl groups excluding tert-OH is 1. The van der Waals surface area contributed by atoms with E-state index < -0.39 is 6.23 Å². The number of aromatic amines is 2. The SMILES string of the molecule is OC(Nc1cncc(-c2ccc3[nH]nc(-c4nc5c(-c6ccncc6)cccc5[nH]4)c3c2)c1)C1CCCCC1. The Hall–Kier alpha value is -4.56. The second kappa shape index (κ2) is 9.96. The van der Waals surface area contributed by atoms with Crippen molar-refractivity contribution in [3.8, 4) is 33.8 Å². The fraction of sp³-hybridized carbons (Fsp3) is 0.226. The number of pyridine rings is 2. The fourth-order valence-corrected chi connectivity index (χ4v) is 5.70. The Morgan fingerprint density at radius 3 is 2.59 bits per heavy atom. The van der Waals surface area contributed by atoms with Crippen LogP contribution in [0.15, 0.2) is 79.4 Å². The molecule has 0 aliphatic heterocycles. The molecule has 39 heavy (non-hydrogen) atoms. The van der Waals surface area contributed by atoms with Gasteiger partial charge >= 0.3 is 0 Å². The van der Waals surface area contributed by atoms with Crippen molar-refractivity contribution < 1.29 is 5.11 Å². The Balaban J connectivity index is 1.22. The van der Waals surface area contributed by atoms with Crippen molar-refractivity contribution in [1.82, 2.24) is 30.1 Å². The number of fused-ring (bicyclic) bond motifs is 2. The molecule has 1 fully saturated rings. The second-order valence-electron chi connectivity index (χ2n) is 10.3. The maximum absolute atomic E-state index is 10.8. The first kappa shape index (κ1) is 23.5. The lowest BCUT2D eigenvalue weighted by Crippen LogP contribution is -2.30. The third-order valence-electron chi connectivity index (χ3n) is 7.77. The van der Waals surface area contributed by atoms with Crippen LogP contribution < -0.4 is 5.32 Å². The summed E-state index contributed by atoms with van der Waals surface area (Å²) in [6, 6.07) is 18.4. The van der Waals surface area contributed by atoms with Gasteiger partial charge in [-0.05, 0) is 60.4 Å². The van der Waals surface area contributed by atoms with E-state index in [-0.39, 0.29) is 5.92 Å². The van der Waals surface area contributed by atoms with Gasteiger partial charge in [0.1, 0.15) is 11.9 Å². The summed E-state index contributed by atoms with van der Waals surface area (Å²) in [4.78, 5) is 17.0. The normalized spacial score (nSPS) is 15.1. The van der Waals surface area contributed by atoms with E-state index in [9.17, 15) is 5.11 Å². The Morgan fingerprint density at radius 1 is 0.846 bits per heavy atom. The van der Waals surface area contributed by atoms with Crippen molar-refractivity contribution in [3.63, 3.8) is 0 Å². The molecule has 0 spiro atoms. The van der Waals surface area contributed by atoms with Gasteiger partial charge in [-0.3, -0.25) is 15.1 Å². The molecule has 8 heteroatoms. The highest BCUT2D eigenvalue weighted by atomic mass is 16.3. The van der Waals surface area contributed by atoms with Gasteiger partial charge in [0.25, 0.3) is 0 Å². The Kier molecular flexibility index (Phi) is 6.01. The van der Waals surface area contributed by atoms with Gasteiger partial charge in [0.15, 0.2) is 5.82 Å². The lowest BCUT2D eigenvalue weighted by Gasteiger charge is -2.27. The highest BCUT2D eigenvalue weighted by molar-refractivity contribution is 5.98. The van der Waals surface area contributed by atoms with E-state index in [1.54, 1.807) is 18.6 Å². The van der Waals surface area contributed by atoms with Gasteiger partial charge in [-0.15, -0.1) is 0 Å². The first-order valence-corrected chi connectivity index (χ1v) is 13.5. The van der Waals surface area contributed by atoms with E-state index in [1.165, 1.54) is 19.3 Å². The molecule has 0 saturated heterocycles. The van der Waals surface area contributed by atoms with Crippen LogP contribution in [-0.2, 0) is 0 Å². The van der Waals surface area contributed by atoms with Gasteiger partial charge in [0.2, 0.25) is 0 Å². The lowest BCUT2D eigenvalue weighted by atomic mass is 9.88. The van der Waals surface area contributed by atoms with Crippen molar-refractivity contribution in [2.75, 3.05) is 5.32 Å². The number of aliphatic hydroxyl groups is 1. The van der Waals surface area contributed by atoms with E-state index in [2.05, 4.69) is 48.7 Å². The number of rotatable bonds is 6. The summed E-state index contributed by atoms with van der Waals surface area (Å²) >= 11 is 0. The largest absolute Gasteiger partial charge is 0.374 e. The van der Waals surface area contributed by atoms with Gasteiger partial charge in [-0.25, -0.2) is 4.98 Å². The van der Waals surface area contributed by atoms with Crippen molar-refractivity contribution in [3.05, 3.63) is 79.4 Å². The predicted octanol–water partition coefficient (Wildman–Crippen LogP) is 6.54. The lowest BCUT2D eigenvalue weighted by molar-refractivity contribution is 0.109. The van der Waals surface area contributed by atoms with Crippen LogP contribution in [0.2, 0.25) is 0 Å². The standard InChI is InChI=1S/C31H29N7O/c39-31(20-5-2-1-3-6-20)34-23-15-22(17-33-18-23)21-9-10-26-25(16-21)29(38-37-26)30-35-27-8-4-7-24(28(27)36-30)19-11-13-32-14-12-19/h4,7-18,20,31,34,39H,1-3,5-6H2,(H,35,36)(H,37,38). The number of nitrogens with one attached hydrogen (secondary N) is 3. The average Bonchev–Trinajstić information content (AvgIpc) is 3.62. The molecule has 8 nitrogen and oxygen atoms in total. The molecule has 4 N–H and O–H groups in total. The molecule has 0 radical (unpaired) electrons. The molecule has 7 rings (SSSR count). The maximum atomic E-state index is 10.8. The molecule has 1 unspecified atom stereocenters. The minimum atomic E-state index is -0.560. The Bertz CT molecular complexity index is 1750. The number of aromatic nitrogens is 6. The molecule has 1 atom stereocenters. The summed E-state index contributed by atoms with van der Waals surface area (Å²) in [5, 5.41) is 22.8. The van der Waals surface area contributed by atoms with Crippen molar-refractivity contribution in [2.45, 2.75) is 38.3 Å².